The zero-order valence-electron chi connectivity index (χ0n) is 9.98. The fourth-order valence-corrected chi connectivity index (χ4v) is 5.67. The van der Waals surface area contributed by atoms with Crippen molar-refractivity contribution in [1.29, 1.82) is 0 Å². The molecular weight excluding hydrogens is 315 g/mol. The zero-order chi connectivity index (χ0) is 11.8. The molecule has 1 radical (unpaired) electrons. The first kappa shape index (κ1) is 13.0. The second-order valence-electron chi connectivity index (χ2n) is 5.07. The van der Waals surface area contributed by atoms with E-state index >= 15 is 0 Å². The first-order valence-corrected chi connectivity index (χ1v) is 8.65. The van der Waals surface area contributed by atoms with Crippen LogP contribution in [0.1, 0.15) is 26.3 Å². The Kier molecular flexibility index (Phi) is 3.87. The fourth-order valence-electron chi connectivity index (χ4n) is 1.62. The van der Waals surface area contributed by atoms with E-state index in [9.17, 15) is 5.11 Å². The summed E-state index contributed by atoms with van der Waals surface area (Å²) in [4.78, 5) is 0. The molecule has 0 atom stereocenters. The lowest BCUT2D eigenvalue weighted by Gasteiger charge is -2.24. The van der Waals surface area contributed by atoms with E-state index in [1.54, 1.807) is 0 Å². The summed E-state index contributed by atoms with van der Waals surface area (Å²) in [5, 5.41) is 11.0. The molecule has 0 spiro atoms. The number of hydrogen-bond acceptors (Lipinski definition) is 1. The lowest BCUT2D eigenvalue weighted by molar-refractivity contribution is 0.477. The predicted octanol–water partition coefficient (Wildman–Crippen LogP) is 3.26. The summed E-state index contributed by atoms with van der Waals surface area (Å²) < 4.78 is 1.25. The van der Waals surface area contributed by atoms with Crippen molar-refractivity contribution in [3.05, 3.63) is 21.3 Å². The average molecular weight is 333 g/mol. The molecule has 0 bridgehead atoms. The van der Waals surface area contributed by atoms with E-state index in [0.717, 1.165) is 0 Å². The van der Waals surface area contributed by atoms with Gasteiger partial charge in [-0.1, -0.05) is 39.9 Å². The number of phenols is 1. The van der Waals surface area contributed by atoms with Gasteiger partial charge in [0.15, 0.2) is 0 Å². The van der Waals surface area contributed by atoms with Crippen LogP contribution in [0.3, 0.4) is 0 Å². The van der Waals surface area contributed by atoms with Crippen LogP contribution >= 0.6 is 22.6 Å². The number of aromatic hydroxyl groups is 1. The van der Waals surface area contributed by atoms with Crippen LogP contribution in [-0.4, -0.2) is 13.9 Å². The van der Waals surface area contributed by atoms with Gasteiger partial charge in [0, 0.05) is 3.57 Å². The van der Waals surface area contributed by atoms with Gasteiger partial charge in [0.05, 0.1) is 8.80 Å². The molecule has 0 aliphatic heterocycles. The third-order valence-corrected chi connectivity index (χ3v) is 5.56. The topological polar surface area (TPSA) is 20.2 Å². The highest BCUT2D eigenvalue weighted by Crippen LogP contribution is 2.28. The highest BCUT2D eigenvalue weighted by atomic mass is 127. The first-order valence-electron chi connectivity index (χ1n) is 5.07. The fraction of sp³-hybridized carbons (Fsp3) is 0.500. The quantitative estimate of drug-likeness (QED) is 0.618. The second-order valence-corrected chi connectivity index (χ2v) is 8.65. The standard InChI is InChI=1S/C12H18IOSi/c1-12(2,3)8-6-7-9(14)11(10(8)13)15(4)5/h6-7,14H,1-5H3. The minimum absolute atomic E-state index is 0.149. The molecule has 0 unspecified atom stereocenters. The molecule has 1 rings (SSSR count). The Bertz CT molecular complexity index is 367. The molecule has 1 nitrogen and oxygen atoms in total. The van der Waals surface area contributed by atoms with Gasteiger partial charge >= 0.3 is 0 Å². The Labute approximate surface area is 108 Å². The van der Waals surface area contributed by atoms with E-state index in [0.29, 0.717) is 5.75 Å². The van der Waals surface area contributed by atoms with Gasteiger partial charge in [-0.25, -0.2) is 0 Å². The van der Waals surface area contributed by atoms with Crippen LogP contribution in [0.15, 0.2) is 12.1 Å². The van der Waals surface area contributed by atoms with Crippen molar-refractivity contribution < 1.29 is 5.11 Å². The molecule has 1 aromatic carbocycles. The van der Waals surface area contributed by atoms with Gasteiger partial charge in [-0.2, -0.15) is 0 Å². The number of rotatable bonds is 1. The van der Waals surface area contributed by atoms with Crippen LogP contribution in [0, 0.1) is 3.57 Å². The van der Waals surface area contributed by atoms with Crippen molar-refractivity contribution in [2.75, 3.05) is 0 Å². The third-order valence-electron chi connectivity index (χ3n) is 2.43. The molecule has 83 valence electrons. The van der Waals surface area contributed by atoms with Crippen molar-refractivity contribution in [2.24, 2.45) is 0 Å². The van der Waals surface area contributed by atoms with Gasteiger partial charge in [0.25, 0.3) is 0 Å². The van der Waals surface area contributed by atoms with E-state index < -0.39 is 8.80 Å². The second kappa shape index (κ2) is 4.45. The van der Waals surface area contributed by atoms with Crippen molar-refractivity contribution >= 4 is 36.6 Å². The molecule has 0 aliphatic carbocycles. The maximum Gasteiger partial charge on any atom is 0.115 e. The van der Waals surface area contributed by atoms with Crippen molar-refractivity contribution in [3.8, 4) is 5.75 Å². The van der Waals surface area contributed by atoms with Crippen LogP contribution in [0.25, 0.3) is 0 Å². The van der Waals surface area contributed by atoms with E-state index in [-0.39, 0.29) is 5.41 Å². The highest BCUT2D eigenvalue weighted by Gasteiger charge is 2.22. The van der Waals surface area contributed by atoms with Crippen molar-refractivity contribution in [1.82, 2.24) is 0 Å². The number of phenolic OH excluding ortho intramolecular Hbond substituents is 1. The van der Waals surface area contributed by atoms with Gasteiger partial charge in [0.2, 0.25) is 0 Å². The van der Waals surface area contributed by atoms with Crippen molar-refractivity contribution in [2.45, 2.75) is 39.3 Å². The van der Waals surface area contributed by atoms with Gasteiger partial charge in [-0.15, -0.1) is 0 Å². The summed E-state index contributed by atoms with van der Waals surface area (Å²) in [6.45, 7) is 11.1. The lowest BCUT2D eigenvalue weighted by atomic mass is 9.87. The third kappa shape index (κ3) is 2.75. The lowest BCUT2D eigenvalue weighted by Crippen LogP contribution is -2.29. The Morgan fingerprint density at radius 2 is 1.73 bits per heavy atom. The number of benzene rings is 1. The van der Waals surface area contributed by atoms with Crippen molar-refractivity contribution in [3.63, 3.8) is 0 Å². The Morgan fingerprint density at radius 1 is 1.20 bits per heavy atom. The summed E-state index contributed by atoms with van der Waals surface area (Å²) in [5.74, 6) is 0.464. The molecule has 0 fully saturated rings. The zero-order valence-corrected chi connectivity index (χ0v) is 13.1. The summed E-state index contributed by atoms with van der Waals surface area (Å²) in [5.41, 5.74) is 1.48. The Hall–Kier alpha value is -0.0331. The molecule has 15 heavy (non-hydrogen) atoms. The van der Waals surface area contributed by atoms with Crippen LogP contribution in [-0.2, 0) is 5.41 Å². The Morgan fingerprint density at radius 3 is 2.13 bits per heavy atom. The predicted molar refractivity (Wildman–Crippen MR) is 76.6 cm³/mol. The van der Waals surface area contributed by atoms with Crippen LogP contribution in [0.2, 0.25) is 13.1 Å². The molecule has 0 aliphatic rings. The van der Waals surface area contributed by atoms with Gasteiger partial charge in [-0.3, -0.25) is 0 Å². The first-order chi connectivity index (χ1) is 6.75. The molecule has 1 N–H and O–H groups in total. The molecule has 0 aromatic heterocycles. The van der Waals surface area contributed by atoms with E-state index in [4.69, 9.17) is 0 Å². The summed E-state index contributed by atoms with van der Waals surface area (Å²) in [6.07, 6.45) is 0. The van der Waals surface area contributed by atoms with E-state index in [1.165, 1.54) is 14.3 Å². The summed E-state index contributed by atoms with van der Waals surface area (Å²) >= 11 is 2.37. The van der Waals surface area contributed by atoms with Gasteiger partial charge in [0.1, 0.15) is 5.75 Å². The molecule has 0 saturated heterocycles. The maximum absolute atomic E-state index is 9.87. The highest BCUT2D eigenvalue weighted by molar-refractivity contribution is 14.1. The smallest absolute Gasteiger partial charge is 0.115 e. The van der Waals surface area contributed by atoms with Gasteiger partial charge in [-0.05, 0) is 44.8 Å². The summed E-state index contributed by atoms with van der Waals surface area (Å²) in [7, 11) is -0.612. The summed E-state index contributed by atoms with van der Waals surface area (Å²) in [6, 6.07) is 3.89. The molecule has 1 aromatic rings. The maximum atomic E-state index is 9.87. The van der Waals surface area contributed by atoms with Crippen LogP contribution < -0.4 is 5.19 Å². The molecule has 3 heteroatoms. The number of hydrogen-bond donors (Lipinski definition) is 1. The molecule has 0 amide bonds. The average Bonchev–Trinajstić information content (AvgIpc) is 2.00. The van der Waals surface area contributed by atoms with Crippen LogP contribution in [0.4, 0.5) is 0 Å². The molecule has 0 saturated carbocycles. The largest absolute Gasteiger partial charge is 0.508 e. The normalized spacial score (nSPS) is 12.2. The van der Waals surface area contributed by atoms with Crippen LogP contribution in [0.5, 0.6) is 5.75 Å². The Balaban J connectivity index is 3.42. The minimum Gasteiger partial charge on any atom is -0.508 e. The monoisotopic (exact) mass is 333 g/mol. The SMILES string of the molecule is C[Si](C)c1c(O)ccc(C(C)(C)C)c1I. The molecule has 0 heterocycles. The van der Waals surface area contributed by atoms with Gasteiger partial charge < -0.3 is 5.11 Å². The molecular formula is C12H18IOSi. The minimum atomic E-state index is -0.612. The van der Waals surface area contributed by atoms with E-state index in [2.05, 4.69) is 56.5 Å². The number of halogens is 1. The van der Waals surface area contributed by atoms with E-state index in [1.807, 2.05) is 12.1 Å².